The third-order valence-corrected chi connectivity index (χ3v) is 6.11. The van der Waals surface area contributed by atoms with Gasteiger partial charge in [-0.25, -0.2) is 4.98 Å². The molecule has 3 heterocycles. The van der Waals surface area contributed by atoms with E-state index in [0.29, 0.717) is 12.6 Å². The number of imidazole rings is 1. The average molecular weight is 556 g/mol. The van der Waals surface area contributed by atoms with Crippen LogP contribution in [0.4, 0.5) is 5.69 Å². The van der Waals surface area contributed by atoms with E-state index in [9.17, 15) is 0 Å². The predicted octanol–water partition coefficient (Wildman–Crippen LogP) is 3.37. The highest BCUT2D eigenvalue weighted by atomic mass is 127. The van der Waals surface area contributed by atoms with Gasteiger partial charge in [0.1, 0.15) is 11.5 Å². The van der Waals surface area contributed by atoms with Crippen molar-refractivity contribution in [3.63, 3.8) is 0 Å². The summed E-state index contributed by atoms with van der Waals surface area (Å²) in [5.74, 6) is 2.44. The Bertz CT molecular complexity index is 962. The molecule has 31 heavy (non-hydrogen) atoms. The van der Waals surface area contributed by atoms with Crippen LogP contribution in [-0.2, 0) is 6.54 Å². The Hall–Kier alpha value is -2.21. The van der Waals surface area contributed by atoms with E-state index >= 15 is 0 Å². The van der Waals surface area contributed by atoms with Gasteiger partial charge in [-0.1, -0.05) is 0 Å². The molecule has 168 valence electrons. The molecular formula is C21H29IN6O2S. The van der Waals surface area contributed by atoms with Crippen LogP contribution in [0.2, 0.25) is 0 Å². The van der Waals surface area contributed by atoms with Crippen LogP contribution in [0.1, 0.15) is 18.5 Å². The lowest BCUT2D eigenvalue weighted by Gasteiger charge is -2.34. The number of piperidine rings is 1. The monoisotopic (exact) mass is 556 g/mol. The van der Waals surface area contributed by atoms with E-state index in [-0.39, 0.29) is 24.0 Å². The average Bonchev–Trinajstić information content (AvgIpc) is 3.38. The van der Waals surface area contributed by atoms with Crippen LogP contribution in [0.15, 0.2) is 41.0 Å². The Morgan fingerprint density at radius 3 is 2.52 bits per heavy atom. The number of aliphatic imine (C=N–C) groups is 1. The van der Waals surface area contributed by atoms with Gasteiger partial charge in [-0.2, -0.15) is 0 Å². The van der Waals surface area contributed by atoms with E-state index in [1.165, 1.54) is 0 Å². The summed E-state index contributed by atoms with van der Waals surface area (Å²) in [5.41, 5.74) is 2.14. The number of guanidine groups is 1. The first-order valence-corrected chi connectivity index (χ1v) is 10.9. The van der Waals surface area contributed by atoms with E-state index < -0.39 is 0 Å². The van der Waals surface area contributed by atoms with E-state index in [1.807, 2.05) is 28.2 Å². The number of aromatic nitrogens is 2. The van der Waals surface area contributed by atoms with Crippen molar-refractivity contribution in [3.05, 3.63) is 41.7 Å². The molecule has 2 N–H and O–H groups in total. The van der Waals surface area contributed by atoms with Gasteiger partial charge < -0.3 is 25.0 Å². The minimum Gasteiger partial charge on any atom is -0.497 e. The molecule has 1 saturated heterocycles. The van der Waals surface area contributed by atoms with Crippen LogP contribution in [0, 0.1) is 0 Å². The molecule has 0 saturated carbocycles. The Kier molecular flexibility index (Phi) is 8.24. The van der Waals surface area contributed by atoms with Crippen molar-refractivity contribution in [2.45, 2.75) is 25.4 Å². The molecule has 2 aromatic heterocycles. The number of ether oxygens (including phenoxy) is 2. The summed E-state index contributed by atoms with van der Waals surface area (Å²) in [6.45, 7) is 2.57. The first-order chi connectivity index (χ1) is 14.7. The van der Waals surface area contributed by atoms with Crippen LogP contribution in [-0.4, -0.2) is 55.7 Å². The lowest BCUT2D eigenvalue weighted by atomic mass is 10.0. The molecule has 1 fully saturated rings. The van der Waals surface area contributed by atoms with Crippen LogP contribution in [0.3, 0.4) is 0 Å². The molecule has 0 amide bonds. The second-order valence-corrected chi connectivity index (χ2v) is 8.10. The number of anilines is 1. The topological polar surface area (TPSA) is 75.4 Å². The zero-order chi connectivity index (χ0) is 20.9. The summed E-state index contributed by atoms with van der Waals surface area (Å²) in [4.78, 5) is 12.4. The van der Waals surface area contributed by atoms with E-state index in [0.717, 1.165) is 59.7 Å². The van der Waals surface area contributed by atoms with Crippen LogP contribution >= 0.6 is 35.3 Å². The lowest BCUT2D eigenvalue weighted by Crippen LogP contribution is -2.48. The van der Waals surface area contributed by atoms with Gasteiger partial charge in [-0.3, -0.25) is 9.39 Å². The van der Waals surface area contributed by atoms with Crippen LogP contribution in [0.5, 0.6) is 11.5 Å². The van der Waals surface area contributed by atoms with Crippen molar-refractivity contribution >= 4 is 51.9 Å². The van der Waals surface area contributed by atoms with Gasteiger partial charge in [0.2, 0.25) is 0 Å². The van der Waals surface area contributed by atoms with Crippen molar-refractivity contribution in [3.8, 4) is 11.5 Å². The molecule has 4 rings (SSSR count). The van der Waals surface area contributed by atoms with Crippen molar-refractivity contribution in [2.24, 2.45) is 4.99 Å². The lowest BCUT2D eigenvalue weighted by molar-refractivity contribution is 0.393. The second kappa shape index (κ2) is 10.9. The summed E-state index contributed by atoms with van der Waals surface area (Å²) in [7, 11) is 5.17. The molecule has 0 bridgehead atoms. The minimum absolute atomic E-state index is 0. The third kappa shape index (κ3) is 5.73. The molecule has 0 atom stereocenters. The number of methoxy groups -OCH3 is 2. The van der Waals surface area contributed by atoms with E-state index in [1.54, 1.807) is 32.6 Å². The van der Waals surface area contributed by atoms with Gasteiger partial charge in [0.05, 0.1) is 26.5 Å². The van der Waals surface area contributed by atoms with E-state index in [2.05, 4.69) is 37.6 Å². The standard InChI is InChI=1S/C21H28N6O2S.HI/c1-22-20(23-13-16-14-27-8-9-30-21(27)25-16)24-15-4-6-26(7-5-15)17-10-18(28-2)12-19(11-17)29-3;/h8-12,14-15H,4-7,13H2,1-3H3,(H2,22,23,24);1H. The highest BCUT2D eigenvalue weighted by Crippen LogP contribution is 2.30. The van der Waals surface area contributed by atoms with Gasteiger partial charge in [0.25, 0.3) is 0 Å². The summed E-state index contributed by atoms with van der Waals surface area (Å²) < 4.78 is 12.9. The summed E-state index contributed by atoms with van der Waals surface area (Å²) >= 11 is 1.64. The van der Waals surface area contributed by atoms with Crippen molar-refractivity contribution in [1.29, 1.82) is 0 Å². The number of nitrogens with zero attached hydrogens (tertiary/aromatic N) is 4. The normalized spacial score (nSPS) is 14.9. The third-order valence-electron chi connectivity index (χ3n) is 5.34. The zero-order valence-corrected chi connectivity index (χ0v) is 21.1. The highest BCUT2D eigenvalue weighted by molar-refractivity contribution is 14.0. The second-order valence-electron chi connectivity index (χ2n) is 7.23. The molecule has 10 heteroatoms. The molecule has 0 spiro atoms. The first-order valence-electron chi connectivity index (χ1n) is 10.0. The molecule has 3 aromatic rings. The largest absolute Gasteiger partial charge is 0.497 e. The van der Waals surface area contributed by atoms with Crippen LogP contribution in [0.25, 0.3) is 4.96 Å². The quantitative estimate of drug-likeness (QED) is 0.276. The van der Waals surface area contributed by atoms with Crippen molar-refractivity contribution in [1.82, 2.24) is 20.0 Å². The molecule has 0 unspecified atom stereocenters. The van der Waals surface area contributed by atoms with Gasteiger partial charge in [-0.15, -0.1) is 35.3 Å². The maximum Gasteiger partial charge on any atom is 0.193 e. The minimum atomic E-state index is 0. The number of nitrogens with one attached hydrogen (secondary N) is 2. The molecule has 1 aliphatic heterocycles. The first kappa shape index (κ1) is 23.5. The number of hydrogen-bond donors (Lipinski definition) is 2. The van der Waals surface area contributed by atoms with Gasteiger partial charge in [0, 0.05) is 67.8 Å². The summed E-state index contributed by atoms with van der Waals surface area (Å²) in [5, 5.41) is 8.96. The Morgan fingerprint density at radius 1 is 1.19 bits per heavy atom. The number of thiazole rings is 1. The highest BCUT2D eigenvalue weighted by Gasteiger charge is 2.21. The number of fused-ring (bicyclic) bond motifs is 1. The van der Waals surface area contributed by atoms with Gasteiger partial charge in [0.15, 0.2) is 10.9 Å². The fourth-order valence-corrected chi connectivity index (χ4v) is 4.40. The maximum atomic E-state index is 5.40. The Morgan fingerprint density at radius 2 is 1.90 bits per heavy atom. The molecule has 0 radical (unpaired) electrons. The van der Waals surface area contributed by atoms with Gasteiger partial charge >= 0.3 is 0 Å². The zero-order valence-electron chi connectivity index (χ0n) is 18.0. The Balaban J connectivity index is 0.00000272. The molecule has 8 nitrogen and oxygen atoms in total. The summed E-state index contributed by atoms with van der Waals surface area (Å²) in [6.07, 6.45) is 6.13. The van der Waals surface area contributed by atoms with Crippen molar-refractivity contribution in [2.75, 3.05) is 39.3 Å². The maximum absolute atomic E-state index is 5.40. The van der Waals surface area contributed by atoms with Crippen molar-refractivity contribution < 1.29 is 9.47 Å². The molecule has 1 aromatic carbocycles. The predicted molar refractivity (Wildman–Crippen MR) is 137 cm³/mol. The molecular weight excluding hydrogens is 527 g/mol. The number of hydrogen-bond acceptors (Lipinski definition) is 6. The number of rotatable bonds is 6. The SMILES string of the molecule is CN=C(NCc1cn2ccsc2n1)NC1CCN(c2cc(OC)cc(OC)c2)CC1.I. The smallest absolute Gasteiger partial charge is 0.193 e. The van der Waals surface area contributed by atoms with E-state index in [4.69, 9.17) is 9.47 Å². The van der Waals surface area contributed by atoms with Gasteiger partial charge in [-0.05, 0) is 12.8 Å². The fourth-order valence-electron chi connectivity index (χ4n) is 3.68. The summed E-state index contributed by atoms with van der Waals surface area (Å²) in [6, 6.07) is 6.40. The molecule has 1 aliphatic rings. The fraction of sp³-hybridized carbons (Fsp3) is 0.429. The molecule has 0 aliphatic carbocycles. The van der Waals surface area contributed by atoms with Crippen LogP contribution < -0.4 is 25.0 Å². The number of benzene rings is 1. The Labute approximate surface area is 203 Å². The number of halogens is 1.